The van der Waals surface area contributed by atoms with Gasteiger partial charge >= 0.3 is 0 Å². The second-order valence-corrected chi connectivity index (χ2v) is 6.67. The highest BCUT2D eigenvalue weighted by Crippen LogP contribution is 2.16. The summed E-state index contributed by atoms with van der Waals surface area (Å²) >= 11 is 3.34. The van der Waals surface area contributed by atoms with Crippen LogP contribution >= 0.6 is 15.9 Å². The third kappa shape index (κ3) is 5.02. The lowest BCUT2D eigenvalue weighted by atomic mass is 10.1. The van der Waals surface area contributed by atoms with Crippen LogP contribution in [0.5, 0.6) is 0 Å². The average molecular weight is 318 g/mol. The Kier molecular flexibility index (Phi) is 5.36. The van der Waals surface area contributed by atoms with E-state index in [9.17, 15) is 8.42 Å². The van der Waals surface area contributed by atoms with Gasteiger partial charge in [0.1, 0.15) is 0 Å². The number of allylic oxidation sites excluding steroid dienone is 1. The number of benzene rings is 1. The van der Waals surface area contributed by atoms with Crippen LogP contribution in [0, 0.1) is 0 Å². The van der Waals surface area contributed by atoms with Gasteiger partial charge in [-0.3, -0.25) is 0 Å². The van der Waals surface area contributed by atoms with E-state index in [0.717, 1.165) is 10.0 Å². The zero-order chi connectivity index (χ0) is 12.9. The molecule has 0 spiro atoms. The predicted octanol–water partition coefficient (Wildman–Crippen LogP) is 2.61. The van der Waals surface area contributed by atoms with Crippen LogP contribution in [-0.2, 0) is 16.4 Å². The summed E-state index contributed by atoms with van der Waals surface area (Å²) < 4.78 is 23.9. The first-order valence-electron chi connectivity index (χ1n) is 5.30. The van der Waals surface area contributed by atoms with Crippen LogP contribution in [0.25, 0.3) is 0 Å². The first kappa shape index (κ1) is 14.4. The van der Waals surface area contributed by atoms with E-state index < -0.39 is 15.3 Å². The van der Waals surface area contributed by atoms with Crippen LogP contribution in [0.3, 0.4) is 0 Å². The van der Waals surface area contributed by atoms with E-state index in [1.165, 1.54) is 0 Å². The Morgan fingerprint density at radius 1 is 1.35 bits per heavy atom. The molecule has 1 aromatic carbocycles. The minimum absolute atomic E-state index is 0.444. The Morgan fingerprint density at radius 2 is 1.94 bits per heavy atom. The van der Waals surface area contributed by atoms with Crippen molar-refractivity contribution in [2.24, 2.45) is 5.14 Å². The van der Waals surface area contributed by atoms with Crippen molar-refractivity contribution in [3.05, 3.63) is 47.0 Å². The second kappa shape index (κ2) is 6.33. The molecule has 0 radical (unpaired) electrons. The SMILES string of the molecule is C=CCCC(Cc1ccc(Br)cc1)S(N)(=O)=O. The number of hydrogen-bond donors (Lipinski definition) is 1. The molecular weight excluding hydrogens is 302 g/mol. The molecule has 2 N–H and O–H groups in total. The summed E-state index contributed by atoms with van der Waals surface area (Å²) in [6, 6.07) is 7.58. The molecule has 0 aliphatic rings. The van der Waals surface area contributed by atoms with E-state index in [1.54, 1.807) is 6.08 Å². The van der Waals surface area contributed by atoms with Crippen molar-refractivity contribution in [1.82, 2.24) is 0 Å². The normalized spacial score (nSPS) is 13.3. The lowest BCUT2D eigenvalue weighted by Crippen LogP contribution is -2.30. The minimum Gasteiger partial charge on any atom is -0.228 e. The molecular formula is C12H16BrNO2S. The van der Waals surface area contributed by atoms with Crippen LogP contribution < -0.4 is 5.14 Å². The molecule has 0 saturated heterocycles. The fourth-order valence-corrected chi connectivity index (χ4v) is 2.72. The van der Waals surface area contributed by atoms with Crippen LogP contribution in [-0.4, -0.2) is 13.7 Å². The van der Waals surface area contributed by atoms with Crippen molar-refractivity contribution in [3.63, 3.8) is 0 Å². The van der Waals surface area contributed by atoms with Crippen molar-refractivity contribution in [1.29, 1.82) is 0 Å². The fraction of sp³-hybridized carbons (Fsp3) is 0.333. The summed E-state index contributed by atoms with van der Waals surface area (Å²) in [5.41, 5.74) is 0.969. The van der Waals surface area contributed by atoms with E-state index in [0.29, 0.717) is 19.3 Å². The summed E-state index contributed by atoms with van der Waals surface area (Å²) in [7, 11) is -3.50. The summed E-state index contributed by atoms with van der Waals surface area (Å²) in [6.07, 6.45) is 3.32. The first-order valence-corrected chi connectivity index (χ1v) is 7.70. The third-order valence-electron chi connectivity index (χ3n) is 2.53. The molecule has 0 heterocycles. The van der Waals surface area contributed by atoms with Crippen LogP contribution in [0.15, 0.2) is 41.4 Å². The molecule has 1 atom stereocenters. The number of rotatable bonds is 6. The third-order valence-corrected chi connectivity index (χ3v) is 4.39. The maximum absolute atomic E-state index is 11.4. The van der Waals surface area contributed by atoms with Gasteiger partial charge < -0.3 is 0 Å². The average Bonchev–Trinajstić information content (AvgIpc) is 2.25. The van der Waals surface area contributed by atoms with Crippen molar-refractivity contribution >= 4 is 26.0 Å². The van der Waals surface area contributed by atoms with Gasteiger partial charge in [-0.15, -0.1) is 6.58 Å². The second-order valence-electron chi connectivity index (χ2n) is 3.91. The quantitative estimate of drug-likeness (QED) is 0.820. The predicted molar refractivity (Wildman–Crippen MR) is 74.2 cm³/mol. The Hall–Kier alpha value is -0.650. The smallest absolute Gasteiger partial charge is 0.212 e. The van der Waals surface area contributed by atoms with Gasteiger partial charge in [0.2, 0.25) is 10.0 Å². The zero-order valence-electron chi connectivity index (χ0n) is 9.47. The molecule has 0 aliphatic heterocycles. The minimum atomic E-state index is -3.50. The molecule has 94 valence electrons. The topological polar surface area (TPSA) is 60.2 Å². The van der Waals surface area contributed by atoms with Gasteiger partial charge in [0.15, 0.2) is 0 Å². The fourth-order valence-electron chi connectivity index (χ4n) is 1.57. The molecule has 17 heavy (non-hydrogen) atoms. The van der Waals surface area contributed by atoms with E-state index in [2.05, 4.69) is 22.5 Å². The molecule has 5 heteroatoms. The van der Waals surface area contributed by atoms with Crippen molar-refractivity contribution < 1.29 is 8.42 Å². The summed E-state index contributed by atoms with van der Waals surface area (Å²) in [6.45, 7) is 3.59. The molecule has 0 saturated carbocycles. The van der Waals surface area contributed by atoms with Crippen LogP contribution in [0.1, 0.15) is 18.4 Å². The maximum atomic E-state index is 11.4. The summed E-state index contributed by atoms with van der Waals surface area (Å²) in [5, 5.41) is 4.69. The lowest BCUT2D eigenvalue weighted by Gasteiger charge is -2.13. The van der Waals surface area contributed by atoms with Gasteiger partial charge in [-0.2, -0.15) is 0 Å². The molecule has 0 aliphatic carbocycles. The van der Waals surface area contributed by atoms with E-state index in [1.807, 2.05) is 24.3 Å². The van der Waals surface area contributed by atoms with Crippen LogP contribution in [0.4, 0.5) is 0 Å². The summed E-state index contributed by atoms with van der Waals surface area (Å²) in [5.74, 6) is 0. The number of sulfonamides is 1. The zero-order valence-corrected chi connectivity index (χ0v) is 11.9. The standard InChI is InChI=1S/C12H16BrNO2S/c1-2-3-4-12(17(14,15)16)9-10-5-7-11(13)8-6-10/h2,5-8,12H,1,3-4,9H2,(H2,14,15,16). The van der Waals surface area contributed by atoms with E-state index >= 15 is 0 Å². The highest BCUT2D eigenvalue weighted by Gasteiger charge is 2.20. The van der Waals surface area contributed by atoms with Crippen LogP contribution in [0.2, 0.25) is 0 Å². The highest BCUT2D eigenvalue weighted by molar-refractivity contribution is 9.10. The molecule has 0 aromatic heterocycles. The molecule has 1 rings (SSSR count). The molecule has 1 unspecified atom stereocenters. The van der Waals surface area contributed by atoms with Crippen molar-refractivity contribution in [3.8, 4) is 0 Å². The Bertz CT molecular complexity index is 468. The van der Waals surface area contributed by atoms with E-state index in [4.69, 9.17) is 5.14 Å². The number of hydrogen-bond acceptors (Lipinski definition) is 2. The van der Waals surface area contributed by atoms with Gasteiger partial charge in [0.05, 0.1) is 5.25 Å². The maximum Gasteiger partial charge on any atom is 0.212 e. The molecule has 0 fully saturated rings. The lowest BCUT2D eigenvalue weighted by molar-refractivity contribution is 0.571. The number of primary sulfonamides is 1. The summed E-state index contributed by atoms with van der Waals surface area (Å²) in [4.78, 5) is 0. The van der Waals surface area contributed by atoms with Crippen molar-refractivity contribution in [2.45, 2.75) is 24.5 Å². The molecule has 0 bridgehead atoms. The Morgan fingerprint density at radius 3 is 2.41 bits per heavy atom. The number of halogens is 1. The molecule has 1 aromatic rings. The monoisotopic (exact) mass is 317 g/mol. The van der Waals surface area contributed by atoms with Gasteiger partial charge in [-0.1, -0.05) is 34.1 Å². The van der Waals surface area contributed by atoms with Gasteiger partial charge in [0, 0.05) is 4.47 Å². The Balaban J connectivity index is 2.79. The molecule has 3 nitrogen and oxygen atoms in total. The van der Waals surface area contributed by atoms with Gasteiger partial charge in [0.25, 0.3) is 0 Å². The van der Waals surface area contributed by atoms with Gasteiger partial charge in [-0.25, -0.2) is 13.6 Å². The van der Waals surface area contributed by atoms with E-state index in [-0.39, 0.29) is 0 Å². The molecule has 0 amide bonds. The van der Waals surface area contributed by atoms with Crippen molar-refractivity contribution in [2.75, 3.05) is 0 Å². The first-order chi connectivity index (χ1) is 7.93. The number of nitrogens with two attached hydrogens (primary N) is 1. The van der Waals surface area contributed by atoms with Gasteiger partial charge in [-0.05, 0) is 37.0 Å². The largest absolute Gasteiger partial charge is 0.228 e. The highest BCUT2D eigenvalue weighted by atomic mass is 79.9. The Labute approximate surface area is 111 Å².